The van der Waals surface area contributed by atoms with Crippen LogP contribution in [0.2, 0.25) is 0 Å². The lowest BCUT2D eigenvalue weighted by atomic mass is 10.0. The predicted molar refractivity (Wildman–Crippen MR) is 46.3 cm³/mol. The fourth-order valence-electron chi connectivity index (χ4n) is 1.10. The monoisotopic (exact) mass is 237 g/mol. The number of hydrogen-bond donors (Lipinski definition) is 2. The minimum absolute atomic E-state index is 0.560. The number of halogens is 4. The summed E-state index contributed by atoms with van der Waals surface area (Å²) in [6, 6.07) is -0.524. The van der Waals surface area contributed by atoms with Crippen LogP contribution in [0, 0.1) is 5.82 Å². The largest absolute Gasteiger partial charge is 0.478 e. The predicted octanol–water partition coefficient (Wildman–Crippen LogP) is 2.09. The van der Waals surface area contributed by atoms with E-state index in [-0.39, 0.29) is 0 Å². The van der Waals surface area contributed by atoms with Gasteiger partial charge in [0.25, 0.3) is 0 Å². The van der Waals surface area contributed by atoms with Crippen LogP contribution in [0.4, 0.5) is 17.6 Å². The molecule has 0 aromatic heterocycles. The summed E-state index contributed by atoms with van der Waals surface area (Å²) in [5.74, 6) is -2.59. The first-order chi connectivity index (χ1) is 7.21. The SMILES string of the molecule is N[C@@H](c1cc(F)cc(C(=O)O)c1)C(F)(F)F. The Morgan fingerprint density at radius 1 is 1.31 bits per heavy atom. The number of carboxylic acids is 1. The second kappa shape index (κ2) is 4.09. The van der Waals surface area contributed by atoms with E-state index in [2.05, 4.69) is 0 Å². The second-order valence-corrected chi connectivity index (χ2v) is 3.10. The van der Waals surface area contributed by atoms with Gasteiger partial charge in [-0.25, -0.2) is 9.18 Å². The van der Waals surface area contributed by atoms with Crippen molar-refractivity contribution in [1.82, 2.24) is 0 Å². The Hall–Kier alpha value is -1.63. The average Bonchev–Trinajstić information content (AvgIpc) is 2.14. The molecule has 0 unspecified atom stereocenters. The van der Waals surface area contributed by atoms with Gasteiger partial charge in [-0.2, -0.15) is 13.2 Å². The lowest BCUT2D eigenvalue weighted by Gasteiger charge is -2.16. The van der Waals surface area contributed by atoms with E-state index in [0.29, 0.717) is 18.2 Å². The molecule has 0 saturated heterocycles. The van der Waals surface area contributed by atoms with Crippen molar-refractivity contribution in [3.8, 4) is 0 Å². The van der Waals surface area contributed by atoms with Crippen LogP contribution in [-0.4, -0.2) is 17.3 Å². The molecular weight excluding hydrogens is 230 g/mol. The molecule has 0 aliphatic heterocycles. The maximum atomic E-state index is 12.9. The van der Waals surface area contributed by atoms with E-state index in [1.807, 2.05) is 0 Å². The third kappa shape index (κ3) is 2.69. The van der Waals surface area contributed by atoms with Crippen LogP contribution in [-0.2, 0) is 0 Å². The lowest BCUT2D eigenvalue weighted by Crippen LogP contribution is -2.28. The zero-order chi connectivity index (χ0) is 12.5. The molecule has 7 heteroatoms. The van der Waals surface area contributed by atoms with Gasteiger partial charge in [0.05, 0.1) is 5.56 Å². The summed E-state index contributed by atoms with van der Waals surface area (Å²) in [4.78, 5) is 10.5. The van der Waals surface area contributed by atoms with Crippen LogP contribution in [0.3, 0.4) is 0 Å². The molecule has 16 heavy (non-hydrogen) atoms. The number of aromatic carboxylic acids is 1. The Labute approximate surface area is 87.5 Å². The fraction of sp³-hybridized carbons (Fsp3) is 0.222. The average molecular weight is 237 g/mol. The van der Waals surface area contributed by atoms with Gasteiger partial charge in [-0.05, 0) is 23.8 Å². The van der Waals surface area contributed by atoms with Crippen LogP contribution in [0.15, 0.2) is 18.2 Å². The number of alkyl halides is 3. The molecule has 1 aromatic rings. The molecule has 0 aliphatic carbocycles. The van der Waals surface area contributed by atoms with Crippen molar-refractivity contribution in [2.75, 3.05) is 0 Å². The first kappa shape index (κ1) is 12.4. The summed E-state index contributed by atoms with van der Waals surface area (Å²) in [5.41, 5.74) is 3.63. The van der Waals surface area contributed by atoms with E-state index < -0.39 is 35.1 Å². The highest BCUT2D eigenvalue weighted by molar-refractivity contribution is 5.87. The third-order valence-corrected chi connectivity index (χ3v) is 1.88. The minimum atomic E-state index is -4.75. The molecule has 1 aromatic carbocycles. The molecule has 0 bridgehead atoms. The molecule has 3 N–H and O–H groups in total. The standard InChI is InChI=1S/C9H7F4NO2/c10-6-2-4(7(14)9(11,12)13)1-5(3-6)8(15)16/h1-3,7H,14H2,(H,15,16)/t7-/m0/s1. The number of hydrogen-bond acceptors (Lipinski definition) is 2. The molecule has 0 spiro atoms. The Bertz CT molecular complexity index is 416. The first-order valence-electron chi connectivity index (χ1n) is 4.08. The van der Waals surface area contributed by atoms with Gasteiger partial charge in [-0.1, -0.05) is 0 Å². The highest BCUT2D eigenvalue weighted by Gasteiger charge is 2.38. The van der Waals surface area contributed by atoms with Crippen molar-refractivity contribution >= 4 is 5.97 Å². The summed E-state index contributed by atoms with van der Waals surface area (Å²) in [7, 11) is 0. The van der Waals surface area contributed by atoms with Gasteiger partial charge >= 0.3 is 12.1 Å². The normalized spacial score (nSPS) is 13.6. The molecule has 1 atom stereocenters. The maximum absolute atomic E-state index is 12.9. The van der Waals surface area contributed by atoms with Crippen molar-refractivity contribution in [1.29, 1.82) is 0 Å². The molecule has 88 valence electrons. The number of benzene rings is 1. The molecule has 0 heterocycles. The van der Waals surface area contributed by atoms with E-state index in [4.69, 9.17) is 10.8 Å². The molecule has 0 fully saturated rings. The van der Waals surface area contributed by atoms with E-state index >= 15 is 0 Å². The first-order valence-corrected chi connectivity index (χ1v) is 4.08. The topological polar surface area (TPSA) is 63.3 Å². The summed E-state index contributed by atoms with van der Waals surface area (Å²) in [6.45, 7) is 0. The quantitative estimate of drug-likeness (QED) is 0.774. The highest BCUT2D eigenvalue weighted by atomic mass is 19.4. The van der Waals surface area contributed by atoms with Crippen LogP contribution in [0.25, 0.3) is 0 Å². The number of carbonyl (C=O) groups is 1. The fourth-order valence-corrected chi connectivity index (χ4v) is 1.10. The Morgan fingerprint density at radius 3 is 2.31 bits per heavy atom. The van der Waals surface area contributed by atoms with Crippen molar-refractivity contribution < 1.29 is 27.5 Å². The van der Waals surface area contributed by atoms with Crippen molar-refractivity contribution in [3.63, 3.8) is 0 Å². The van der Waals surface area contributed by atoms with Gasteiger partial charge in [0, 0.05) is 0 Å². The van der Waals surface area contributed by atoms with Crippen LogP contribution < -0.4 is 5.73 Å². The summed E-state index contributed by atoms with van der Waals surface area (Å²) < 4.78 is 49.5. The third-order valence-electron chi connectivity index (χ3n) is 1.88. The number of nitrogens with two attached hydrogens (primary N) is 1. The second-order valence-electron chi connectivity index (χ2n) is 3.10. The van der Waals surface area contributed by atoms with Crippen LogP contribution in [0.1, 0.15) is 22.0 Å². The maximum Gasteiger partial charge on any atom is 0.407 e. The molecule has 0 saturated carbocycles. The summed E-state index contributed by atoms with van der Waals surface area (Å²) in [6.07, 6.45) is -4.75. The molecule has 3 nitrogen and oxygen atoms in total. The zero-order valence-electron chi connectivity index (χ0n) is 7.75. The van der Waals surface area contributed by atoms with E-state index in [1.54, 1.807) is 0 Å². The van der Waals surface area contributed by atoms with Crippen molar-refractivity contribution in [2.45, 2.75) is 12.2 Å². The van der Waals surface area contributed by atoms with Crippen LogP contribution in [0.5, 0.6) is 0 Å². The molecule has 1 rings (SSSR count). The smallest absolute Gasteiger partial charge is 0.407 e. The van der Waals surface area contributed by atoms with Gasteiger partial charge in [0.1, 0.15) is 11.9 Å². The molecule has 0 amide bonds. The Kier molecular flexibility index (Phi) is 3.18. The summed E-state index contributed by atoms with van der Waals surface area (Å²) >= 11 is 0. The number of rotatable bonds is 2. The van der Waals surface area contributed by atoms with Gasteiger partial charge in [0.2, 0.25) is 0 Å². The Balaban J connectivity index is 3.20. The highest BCUT2D eigenvalue weighted by Crippen LogP contribution is 2.31. The van der Waals surface area contributed by atoms with Crippen LogP contribution >= 0.6 is 0 Å². The molecular formula is C9H7F4NO2. The summed E-state index contributed by atoms with van der Waals surface area (Å²) in [5, 5.41) is 8.53. The molecule has 0 aliphatic rings. The van der Waals surface area contributed by atoms with Crippen molar-refractivity contribution in [3.05, 3.63) is 35.1 Å². The van der Waals surface area contributed by atoms with Gasteiger partial charge < -0.3 is 10.8 Å². The molecule has 0 radical (unpaired) electrons. The zero-order valence-corrected chi connectivity index (χ0v) is 7.75. The Morgan fingerprint density at radius 2 is 1.88 bits per heavy atom. The van der Waals surface area contributed by atoms with E-state index in [1.165, 1.54) is 0 Å². The van der Waals surface area contributed by atoms with E-state index in [0.717, 1.165) is 0 Å². The van der Waals surface area contributed by atoms with Gasteiger partial charge in [-0.3, -0.25) is 0 Å². The van der Waals surface area contributed by atoms with Gasteiger partial charge in [0.15, 0.2) is 0 Å². The van der Waals surface area contributed by atoms with Crippen molar-refractivity contribution in [2.24, 2.45) is 5.73 Å². The van der Waals surface area contributed by atoms with E-state index in [9.17, 15) is 22.4 Å². The van der Waals surface area contributed by atoms with Gasteiger partial charge in [-0.15, -0.1) is 0 Å². The number of carboxylic acid groups (broad SMARTS) is 1. The lowest BCUT2D eigenvalue weighted by molar-refractivity contribution is -0.149. The minimum Gasteiger partial charge on any atom is -0.478 e.